The van der Waals surface area contributed by atoms with Crippen molar-refractivity contribution < 1.29 is 0 Å². The second-order valence-electron chi connectivity index (χ2n) is 2.20. The Morgan fingerprint density at radius 1 is 1.42 bits per heavy atom. The van der Waals surface area contributed by atoms with Crippen LogP contribution in [0.2, 0.25) is 5.15 Å². The summed E-state index contributed by atoms with van der Waals surface area (Å²) in [7, 11) is 0. The third kappa shape index (κ3) is 3.24. The van der Waals surface area contributed by atoms with E-state index in [2.05, 4.69) is 22.8 Å². The van der Waals surface area contributed by atoms with Crippen molar-refractivity contribution in [3.63, 3.8) is 0 Å². The van der Waals surface area contributed by atoms with E-state index in [0.717, 1.165) is 17.9 Å². The fourth-order valence-corrected chi connectivity index (χ4v) is 0.944. The van der Waals surface area contributed by atoms with E-state index in [1.54, 1.807) is 6.07 Å². The third-order valence-electron chi connectivity index (χ3n) is 1.24. The van der Waals surface area contributed by atoms with Crippen LogP contribution in [0.15, 0.2) is 18.2 Å². The molecular weight excluding hydrogens is 192 g/mol. The summed E-state index contributed by atoms with van der Waals surface area (Å²) in [6.45, 7) is 0. The molecule has 0 aliphatic rings. The van der Waals surface area contributed by atoms with Crippen LogP contribution < -0.4 is 0 Å². The molecule has 1 heterocycles. The first-order valence-electron chi connectivity index (χ1n) is 3.59. The molecule has 0 aromatic carbocycles. The molecule has 0 unspecified atom stereocenters. The van der Waals surface area contributed by atoms with Gasteiger partial charge in [-0.25, -0.2) is 0 Å². The molecule has 2 nitrogen and oxygen atoms in total. The van der Waals surface area contributed by atoms with Gasteiger partial charge in [-0.3, -0.25) is 0 Å². The summed E-state index contributed by atoms with van der Waals surface area (Å²) >= 11 is 9.64. The Kier molecular flexibility index (Phi) is 4.11. The van der Waals surface area contributed by atoms with E-state index in [9.17, 15) is 0 Å². The van der Waals surface area contributed by atoms with Gasteiger partial charge in [0.15, 0.2) is 5.15 Å². The van der Waals surface area contributed by atoms with E-state index in [0.29, 0.717) is 5.15 Å². The molecule has 1 aromatic rings. The van der Waals surface area contributed by atoms with Crippen LogP contribution in [-0.4, -0.2) is 16.0 Å². The van der Waals surface area contributed by atoms with Gasteiger partial charge < -0.3 is 0 Å². The van der Waals surface area contributed by atoms with Crippen molar-refractivity contribution in [2.24, 2.45) is 0 Å². The number of halogens is 1. The predicted molar refractivity (Wildman–Crippen MR) is 54.5 cm³/mol. The molecule has 0 atom stereocenters. The van der Waals surface area contributed by atoms with Gasteiger partial charge in [-0.2, -0.15) is 12.6 Å². The van der Waals surface area contributed by atoms with E-state index in [4.69, 9.17) is 11.6 Å². The van der Waals surface area contributed by atoms with Gasteiger partial charge in [0.25, 0.3) is 0 Å². The Hall–Kier alpha value is -0.540. The van der Waals surface area contributed by atoms with Crippen LogP contribution in [0.4, 0.5) is 0 Å². The summed E-state index contributed by atoms with van der Waals surface area (Å²) in [5.41, 5.74) is 0.821. The first-order chi connectivity index (χ1) is 5.83. The zero-order chi connectivity index (χ0) is 8.81. The van der Waals surface area contributed by atoms with Gasteiger partial charge in [0.1, 0.15) is 0 Å². The predicted octanol–water partition coefficient (Wildman–Crippen LogP) is 2.46. The Labute approximate surface area is 82.1 Å². The van der Waals surface area contributed by atoms with Crippen molar-refractivity contribution >= 4 is 30.3 Å². The van der Waals surface area contributed by atoms with Crippen LogP contribution in [0.25, 0.3) is 6.08 Å². The monoisotopic (exact) mass is 200 g/mol. The van der Waals surface area contributed by atoms with Crippen LogP contribution in [0.3, 0.4) is 0 Å². The second kappa shape index (κ2) is 5.17. The second-order valence-corrected chi connectivity index (χ2v) is 3.03. The van der Waals surface area contributed by atoms with Gasteiger partial charge in [0, 0.05) is 0 Å². The van der Waals surface area contributed by atoms with Crippen LogP contribution in [0.1, 0.15) is 12.1 Å². The van der Waals surface area contributed by atoms with Crippen LogP contribution in [0.5, 0.6) is 0 Å². The van der Waals surface area contributed by atoms with Crippen LogP contribution in [-0.2, 0) is 0 Å². The van der Waals surface area contributed by atoms with E-state index in [1.807, 2.05) is 18.2 Å². The van der Waals surface area contributed by atoms with E-state index >= 15 is 0 Å². The highest BCUT2D eigenvalue weighted by molar-refractivity contribution is 7.80. The third-order valence-corrected chi connectivity index (χ3v) is 1.70. The minimum atomic E-state index is 0.418. The topological polar surface area (TPSA) is 25.8 Å². The van der Waals surface area contributed by atoms with Gasteiger partial charge in [-0.1, -0.05) is 17.7 Å². The van der Waals surface area contributed by atoms with Crippen LogP contribution >= 0.6 is 24.2 Å². The zero-order valence-corrected chi connectivity index (χ0v) is 8.09. The molecule has 1 aromatic heterocycles. The molecule has 0 N–H and O–H groups in total. The Balaban J connectivity index is 2.58. The number of hydrogen-bond acceptors (Lipinski definition) is 3. The van der Waals surface area contributed by atoms with Gasteiger partial charge in [-0.15, -0.1) is 10.2 Å². The first kappa shape index (κ1) is 9.55. The molecule has 0 spiro atoms. The number of aromatic nitrogens is 2. The number of allylic oxidation sites excluding steroid dienone is 1. The zero-order valence-electron chi connectivity index (χ0n) is 6.44. The van der Waals surface area contributed by atoms with Gasteiger partial charge in [0.2, 0.25) is 0 Å². The average Bonchev–Trinajstić information content (AvgIpc) is 2.09. The molecule has 0 aliphatic carbocycles. The number of hydrogen-bond donors (Lipinski definition) is 1. The maximum atomic E-state index is 5.56. The van der Waals surface area contributed by atoms with Crippen molar-refractivity contribution in [1.29, 1.82) is 0 Å². The lowest BCUT2D eigenvalue weighted by Crippen LogP contribution is -1.84. The largest absolute Gasteiger partial charge is 0.179 e. The molecular formula is C8H9ClN2S. The van der Waals surface area contributed by atoms with Crippen molar-refractivity contribution in [3.8, 4) is 0 Å². The fourth-order valence-electron chi connectivity index (χ4n) is 0.694. The van der Waals surface area contributed by atoms with E-state index < -0.39 is 0 Å². The maximum Gasteiger partial charge on any atom is 0.151 e. The smallest absolute Gasteiger partial charge is 0.151 e. The van der Waals surface area contributed by atoms with Crippen molar-refractivity contribution in [1.82, 2.24) is 10.2 Å². The molecule has 0 aliphatic heterocycles. The highest BCUT2D eigenvalue weighted by atomic mass is 35.5. The molecule has 64 valence electrons. The van der Waals surface area contributed by atoms with Crippen molar-refractivity contribution in [2.75, 3.05) is 5.75 Å². The molecule has 1 rings (SSSR count). The average molecular weight is 201 g/mol. The van der Waals surface area contributed by atoms with Gasteiger partial charge in [-0.05, 0) is 30.4 Å². The van der Waals surface area contributed by atoms with Gasteiger partial charge in [0.05, 0.1) is 5.69 Å². The first-order valence-corrected chi connectivity index (χ1v) is 4.60. The lowest BCUT2D eigenvalue weighted by Gasteiger charge is -1.90. The number of rotatable bonds is 3. The Morgan fingerprint density at radius 2 is 2.25 bits per heavy atom. The molecule has 4 heteroatoms. The SMILES string of the molecule is SCCC=Cc1ccc(Cl)nn1. The van der Waals surface area contributed by atoms with E-state index in [1.165, 1.54) is 0 Å². The standard InChI is InChI=1S/C8H9ClN2S/c9-8-5-4-7(10-11-8)3-1-2-6-12/h1,3-5,12H,2,6H2. The molecule has 0 amide bonds. The highest BCUT2D eigenvalue weighted by Gasteiger charge is 1.89. The number of thiol groups is 1. The van der Waals surface area contributed by atoms with Gasteiger partial charge >= 0.3 is 0 Å². The minimum Gasteiger partial charge on any atom is -0.179 e. The summed E-state index contributed by atoms with van der Waals surface area (Å²) in [4.78, 5) is 0. The molecule has 0 bridgehead atoms. The summed E-state index contributed by atoms with van der Waals surface area (Å²) in [6.07, 6.45) is 4.85. The molecule has 0 saturated carbocycles. The summed E-state index contributed by atoms with van der Waals surface area (Å²) in [5, 5.41) is 7.98. The molecule has 0 radical (unpaired) electrons. The van der Waals surface area contributed by atoms with Crippen molar-refractivity contribution in [2.45, 2.75) is 6.42 Å². The summed E-state index contributed by atoms with van der Waals surface area (Å²) in [6, 6.07) is 3.54. The highest BCUT2D eigenvalue weighted by Crippen LogP contribution is 2.03. The lowest BCUT2D eigenvalue weighted by atomic mass is 10.3. The lowest BCUT2D eigenvalue weighted by molar-refractivity contribution is 1.02. The molecule has 12 heavy (non-hydrogen) atoms. The minimum absolute atomic E-state index is 0.418. The number of nitrogens with zero attached hydrogens (tertiary/aromatic N) is 2. The molecule has 0 saturated heterocycles. The van der Waals surface area contributed by atoms with Crippen molar-refractivity contribution in [3.05, 3.63) is 29.1 Å². The summed E-state index contributed by atoms with van der Waals surface area (Å²) < 4.78 is 0. The Morgan fingerprint density at radius 3 is 2.83 bits per heavy atom. The normalized spacial score (nSPS) is 10.8. The summed E-state index contributed by atoms with van der Waals surface area (Å²) in [5.74, 6) is 0.845. The van der Waals surface area contributed by atoms with Crippen LogP contribution in [0, 0.1) is 0 Å². The Bertz CT molecular complexity index is 258. The van der Waals surface area contributed by atoms with E-state index in [-0.39, 0.29) is 0 Å². The quantitative estimate of drug-likeness (QED) is 0.759. The molecule has 0 fully saturated rings. The maximum absolute atomic E-state index is 5.56. The fraction of sp³-hybridized carbons (Fsp3) is 0.250.